The fraction of sp³-hybridized carbons (Fsp3) is 0.111. The third kappa shape index (κ3) is 1.26. The number of H-pyrrole nitrogens is 1. The molecule has 13 heavy (non-hydrogen) atoms. The first kappa shape index (κ1) is 7.79. The molecule has 0 radical (unpaired) electrons. The van der Waals surface area contributed by atoms with Crippen molar-refractivity contribution >= 4 is 17.0 Å². The van der Waals surface area contributed by atoms with Gasteiger partial charge in [-0.15, -0.1) is 0 Å². The van der Waals surface area contributed by atoms with Crippen LogP contribution in [0.4, 0.5) is 0 Å². The van der Waals surface area contributed by atoms with Gasteiger partial charge in [-0.05, 0) is 24.6 Å². The first-order valence-electron chi connectivity index (χ1n) is 3.85. The molecule has 0 unspecified atom stereocenters. The highest BCUT2D eigenvalue weighted by Gasteiger charge is 2.07. The molecule has 2 N–H and O–H groups in total. The molecule has 2 aromatic rings. The normalized spacial score (nSPS) is 10.5. The maximum Gasteiger partial charge on any atom is 0.352 e. The van der Waals surface area contributed by atoms with Crippen molar-refractivity contribution in [2.24, 2.45) is 0 Å². The molecule has 4 nitrogen and oxygen atoms in total. The predicted octanol–water partition coefficient (Wildman–Crippen LogP) is 1.57. The molecule has 0 saturated heterocycles. The van der Waals surface area contributed by atoms with Gasteiger partial charge in [-0.3, -0.25) is 0 Å². The third-order valence-corrected chi connectivity index (χ3v) is 1.84. The summed E-state index contributed by atoms with van der Waals surface area (Å²) >= 11 is 0. The van der Waals surface area contributed by atoms with Gasteiger partial charge in [-0.2, -0.15) is 0 Å². The maximum atomic E-state index is 10.6. The van der Waals surface area contributed by atoms with Crippen LogP contribution in [0, 0.1) is 6.92 Å². The monoisotopic (exact) mass is 176 g/mol. The van der Waals surface area contributed by atoms with E-state index in [4.69, 9.17) is 5.11 Å². The second-order valence-corrected chi connectivity index (χ2v) is 2.94. The Morgan fingerprint density at radius 3 is 3.00 bits per heavy atom. The van der Waals surface area contributed by atoms with Crippen LogP contribution in [0.5, 0.6) is 0 Å². The van der Waals surface area contributed by atoms with Crippen LogP contribution in [0.3, 0.4) is 0 Å². The molecule has 2 heterocycles. The fourth-order valence-electron chi connectivity index (χ4n) is 1.24. The number of rotatable bonds is 1. The zero-order valence-corrected chi connectivity index (χ0v) is 7.03. The van der Waals surface area contributed by atoms with E-state index in [0.29, 0.717) is 5.65 Å². The summed E-state index contributed by atoms with van der Waals surface area (Å²) < 4.78 is 0. The van der Waals surface area contributed by atoms with E-state index in [1.165, 1.54) is 0 Å². The number of hydrogen-bond donors (Lipinski definition) is 2. The van der Waals surface area contributed by atoms with E-state index in [1.54, 1.807) is 12.3 Å². The predicted molar refractivity (Wildman–Crippen MR) is 47.8 cm³/mol. The second-order valence-electron chi connectivity index (χ2n) is 2.94. The number of pyridine rings is 1. The van der Waals surface area contributed by atoms with Gasteiger partial charge in [0.15, 0.2) is 0 Å². The minimum absolute atomic E-state index is 0.174. The van der Waals surface area contributed by atoms with E-state index in [9.17, 15) is 4.79 Å². The van der Waals surface area contributed by atoms with Crippen LogP contribution in [-0.4, -0.2) is 21.0 Å². The van der Waals surface area contributed by atoms with Crippen molar-refractivity contribution in [3.63, 3.8) is 0 Å². The molecule has 0 aliphatic heterocycles. The number of aromatic nitrogens is 2. The van der Waals surface area contributed by atoms with Crippen molar-refractivity contribution in [3.05, 3.63) is 29.6 Å². The van der Waals surface area contributed by atoms with E-state index >= 15 is 0 Å². The van der Waals surface area contributed by atoms with Crippen LogP contribution in [-0.2, 0) is 0 Å². The molecular weight excluding hydrogens is 168 g/mol. The van der Waals surface area contributed by atoms with Crippen molar-refractivity contribution in [2.75, 3.05) is 0 Å². The lowest BCUT2D eigenvalue weighted by Crippen LogP contribution is -1.94. The van der Waals surface area contributed by atoms with Gasteiger partial charge in [0.1, 0.15) is 11.3 Å². The van der Waals surface area contributed by atoms with Gasteiger partial charge in [0.25, 0.3) is 0 Å². The van der Waals surface area contributed by atoms with Crippen molar-refractivity contribution in [2.45, 2.75) is 6.92 Å². The first-order chi connectivity index (χ1) is 6.16. The first-order valence-corrected chi connectivity index (χ1v) is 3.85. The minimum Gasteiger partial charge on any atom is -0.477 e. The number of nitrogens with zero attached hydrogens (tertiary/aromatic N) is 1. The Hall–Kier alpha value is -1.84. The smallest absolute Gasteiger partial charge is 0.352 e. The third-order valence-electron chi connectivity index (χ3n) is 1.84. The summed E-state index contributed by atoms with van der Waals surface area (Å²) in [7, 11) is 0. The van der Waals surface area contributed by atoms with Crippen LogP contribution in [0.1, 0.15) is 16.1 Å². The van der Waals surface area contributed by atoms with E-state index in [0.717, 1.165) is 10.9 Å². The number of aromatic amines is 1. The van der Waals surface area contributed by atoms with E-state index in [-0.39, 0.29) is 5.69 Å². The fourth-order valence-corrected chi connectivity index (χ4v) is 1.24. The maximum absolute atomic E-state index is 10.6. The van der Waals surface area contributed by atoms with Gasteiger partial charge in [0.05, 0.1) is 0 Å². The lowest BCUT2D eigenvalue weighted by atomic mass is 10.2. The van der Waals surface area contributed by atoms with Crippen LogP contribution in [0.25, 0.3) is 11.0 Å². The highest BCUT2D eigenvalue weighted by atomic mass is 16.4. The molecule has 0 amide bonds. The van der Waals surface area contributed by atoms with Crippen LogP contribution in [0.2, 0.25) is 0 Å². The lowest BCUT2D eigenvalue weighted by molar-refractivity contribution is 0.0691. The SMILES string of the molecule is Cc1cnc2[nH]c(C(=O)O)cc2c1. The number of nitrogens with one attached hydrogen (secondary N) is 1. The van der Waals surface area contributed by atoms with Gasteiger partial charge >= 0.3 is 5.97 Å². The molecule has 0 saturated carbocycles. The van der Waals surface area contributed by atoms with E-state index in [1.807, 2.05) is 13.0 Å². The Balaban J connectivity index is 2.68. The molecule has 0 fully saturated rings. The molecular formula is C9H8N2O2. The zero-order valence-electron chi connectivity index (χ0n) is 7.03. The van der Waals surface area contributed by atoms with Crippen molar-refractivity contribution < 1.29 is 9.90 Å². The molecule has 66 valence electrons. The number of hydrogen-bond acceptors (Lipinski definition) is 2. The van der Waals surface area contributed by atoms with Gasteiger partial charge in [-0.1, -0.05) is 0 Å². The standard InChI is InChI=1S/C9H8N2O2/c1-5-2-6-3-7(9(12)13)11-8(6)10-4-5/h2-4H,1H3,(H,10,11)(H,12,13). The van der Waals surface area contributed by atoms with Crippen molar-refractivity contribution in [1.82, 2.24) is 9.97 Å². The molecule has 0 atom stereocenters. The van der Waals surface area contributed by atoms with Crippen LogP contribution < -0.4 is 0 Å². The minimum atomic E-state index is -0.962. The van der Waals surface area contributed by atoms with Gasteiger partial charge in [-0.25, -0.2) is 9.78 Å². The van der Waals surface area contributed by atoms with Crippen LogP contribution >= 0.6 is 0 Å². The summed E-state index contributed by atoms with van der Waals surface area (Å²) in [6, 6.07) is 3.48. The Morgan fingerprint density at radius 2 is 2.31 bits per heavy atom. The Labute approximate surface area is 74.2 Å². The highest BCUT2D eigenvalue weighted by Crippen LogP contribution is 2.13. The second kappa shape index (κ2) is 2.58. The van der Waals surface area contributed by atoms with E-state index < -0.39 is 5.97 Å². The summed E-state index contributed by atoms with van der Waals surface area (Å²) in [5, 5.41) is 9.53. The number of carboxylic acids is 1. The van der Waals surface area contributed by atoms with Gasteiger partial charge in [0, 0.05) is 11.6 Å². The van der Waals surface area contributed by atoms with Crippen molar-refractivity contribution in [3.8, 4) is 0 Å². The van der Waals surface area contributed by atoms with Gasteiger partial charge < -0.3 is 10.1 Å². The summed E-state index contributed by atoms with van der Waals surface area (Å²) in [5.41, 5.74) is 1.81. The molecule has 2 rings (SSSR count). The van der Waals surface area contributed by atoms with E-state index in [2.05, 4.69) is 9.97 Å². The summed E-state index contributed by atoms with van der Waals surface area (Å²) in [5.74, 6) is -0.962. The molecule has 0 aliphatic carbocycles. The summed E-state index contributed by atoms with van der Waals surface area (Å²) in [6.45, 7) is 1.92. The molecule has 0 spiro atoms. The number of fused-ring (bicyclic) bond motifs is 1. The molecule has 2 aromatic heterocycles. The van der Waals surface area contributed by atoms with Crippen LogP contribution in [0.15, 0.2) is 18.3 Å². The number of carboxylic acid groups (broad SMARTS) is 1. The quantitative estimate of drug-likeness (QED) is 0.693. The summed E-state index contributed by atoms with van der Waals surface area (Å²) in [4.78, 5) is 17.4. The molecule has 0 bridgehead atoms. The van der Waals surface area contributed by atoms with Gasteiger partial charge in [0.2, 0.25) is 0 Å². The average Bonchev–Trinajstić information content (AvgIpc) is 2.46. The zero-order chi connectivity index (χ0) is 9.42. The number of carbonyl (C=O) groups is 1. The Bertz CT molecular complexity index is 473. The topological polar surface area (TPSA) is 66.0 Å². The Kier molecular flexibility index (Phi) is 1.55. The lowest BCUT2D eigenvalue weighted by Gasteiger charge is -1.89. The number of aryl methyl sites for hydroxylation is 1. The largest absolute Gasteiger partial charge is 0.477 e. The molecule has 4 heteroatoms. The molecule has 0 aliphatic rings. The number of aromatic carboxylic acids is 1. The Morgan fingerprint density at radius 1 is 1.54 bits per heavy atom. The molecule has 0 aromatic carbocycles. The highest BCUT2D eigenvalue weighted by molar-refractivity contribution is 5.92. The average molecular weight is 176 g/mol. The van der Waals surface area contributed by atoms with Crippen molar-refractivity contribution in [1.29, 1.82) is 0 Å². The summed E-state index contributed by atoms with van der Waals surface area (Å²) in [6.07, 6.45) is 1.70.